The van der Waals surface area contributed by atoms with Crippen molar-refractivity contribution in [3.05, 3.63) is 69.7 Å². The molecule has 0 aliphatic carbocycles. The van der Waals surface area contributed by atoms with Gasteiger partial charge >= 0.3 is 0 Å². The number of hydrogen-bond acceptors (Lipinski definition) is 3. The molecule has 1 heterocycles. The van der Waals surface area contributed by atoms with Crippen LogP contribution >= 0.6 is 23.2 Å². The number of primary amides is 1. The van der Waals surface area contributed by atoms with Gasteiger partial charge in [0.25, 0.3) is 0 Å². The molecule has 0 saturated carbocycles. The van der Waals surface area contributed by atoms with Gasteiger partial charge in [-0.15, -0.1) is 0 Å². The molecule has 1 aliphatic rings. The summed E-state index contributed by atoms with van der Waals surface area (Å²) >= 11 is 12.2. The second-order valence-corrected chi connectivity index (χ2v) is 7.66. The highest BCUT2D eigenvalue weighted by atomic mass is 35.5. The lowest BCUT2D eigenvalue weighted by Crippen LogP contribution is -2.55. The lowest BCUT2D eigenvalue weighted by atomic mass is 9.90. The van der Waals surface area contributed by atoms with Gasteiger partial charge in [0.05, 0.1) is 6.04 Å². The maximum absolute atomic E-state index is 12.9. The standard InChI is InChI=1S/C21H22Cl2N2O3/c1-2-4-17(21(24)27)25-18(26)12-28-20(14-5-3-6-16(23)11-14)19(25)13-7-9-15(22)10-8-13/h3,5-11,17,19-20H,2,4,12H2,1H3,(H2,24,27)/t17-,19-,20+/m1/s1. The van der Waals surface area contributed by atoms with E-state index in [1.165, 1.54) is 0 Å². The number of hydrogen-bond donors (Lipinski definition) is 1. The van der Waals surface area contributed by atoms with Crippen LogP contribution in [0.4, 0.5) is 0 Å². The molecule has 0 aromatic heterocycles. The zero-order valence-corrected chi connectivity index (χ0v) is 17.0. The number of nitrogens with two attached hydrogens (primary N) is 1. The molecule has 1 aliphatic heterocycles. The molecule has 3 atom stereocenters. The number of rotatable bonds is 6. The van der Waals surface area contributed by atoms with E-state index in [4.69, 9.17) is 33.7 Å². The number of morpholine rings is 1. The number of amides is 2. The van der Waals surface area contributed by atoms with Gasteiger partial charge in [0.2, 0.25) is 11.8 Å². The van der Waals surface area contributed by atoms with E-state index in [-0.39, 0.29) is 12.5 Å². The van der Waals surface area contributed by atoms with Crippen molar-refractivity contribution in [2.24, 2.45) is 5.73 Å². The van der Waals surface area contributed by atoms with Gasteiger partial charge in [-0.25, -0.2) is 0 Å². The maximum atomic E-state index is 12.9. The zero-order valence-electron chi connectivity index (χ0n) is 15.5. The minimum Gasteiger partial charge on any atom is -0.368 e. The normalized spacial score (nSPS) is 20.8. The minimum absolute atomic E-state index is 0.130. The topological polar surface area (TPSA) is 72.6 Å². The van der Waals surface area contributed by atoms with Gasteiger partial charge in [-0.3, -0.25) is 9.59 Å². The molecule has 2 aromatic rings. The Morgan fingerprint density at radius 3 is 2.50 bits per heavy atom. The Bertz CT molecular complexity index is 857. The molecule has 2 N–H and O–H groups in total. The van der Waals surface area contributed by atoms with Crippen LogP contribution in [0.3, 0.4) is 0 Å². The molecule has 5 nitrogen and oxygen atoms in total. The number of halogens is 2. The van der Waals surface area contributed by atoms with E-state index in [1.54, 1.807) is 23.1 Å². The predicted molar refractivity (Wildman–Crippen MR) is 109 cm³/mol. The van der Waals surface area contributed by atoms with Crippen LogP contribution in [0.15, 0.2) is 48.5 Å². The average Bonchev–Trinajstić information content (AvgIpc) is 2.67. The van der Waals surface area contributed by atoms with Crippen molar-refractivity contribution in [1.82, 2.24) is 4.90 Å². The van der Waals surface area contributed by atoms with Crippen molar-refractivity contribution in [2.75, 3.05) is 6.61 Å². The zero-order chi connectivity index (χ0) is 20.3. The molecule has 7 heteroatoms. The molecule has 3 rings (SSSR count). The molecule has 2 aromatic carbocycles. The highest BCUT2D eigenvalue weighted by molar-refractivity contribution is 6.30. The van der Waals surface area contributed by atoms with Crippen molar-refractivity contribution in [3.8, 4) is 0 Å². The summed E-state index contributed by atoms with van der Waals surface area (Å²) in [5.74, 6) is -0.795. The first kappa shape index (κ1) is 20.6. The molecule has 1 fully saturated rings. The van der Waals surface area contributed by atoms with Gasteiger partial charge in [-0.05, 0) is 41.8 Å². The lowest BCUT2D eigenvalue weighted by Gasteiger charge is -2.44. The molecule has 2 amide bonds. The summed E-state index contributed by atoms with van der Waals surface area (Å²) in [6.07, 6.45) is 0.706. The molecule has 0 bridgehead atoms. The second kappa shape index (κ2) is 8.95. The molecular formula is C21H22Cl2N2O3. The Morgan fingerprint density at radius 1 is 1.18 bits per heavy atom. The Morgan fingerprint density at radius 2 is 1.89 bits per heavy atom. The highest BCUT2D eigenvalue weighted by Gasteiger charge is 2.43. The van der Waals surface area contributed by atoms with Crippen LogP contribution < -0.4 is 5.73 Å². The average molecular weight is 421 g/mol. The van der Waals surface area contributed by atoms with Gasteiger partial charge in [-0.2, -0.15) is 0 Å². The van der Waals surface area contributed by atoms with E-state index in [9.17, 15) is 9.59 Å². The van der Waals surface area contributed by atoms with Gasteiger partial charge in [0.1, 0.15) is 18.8 Å². The number of nitrogens with zero attached hydrogens (tertiary/aromatic N) is 1. The first-order valence-corrected chi connectivity index (χ1v) is 9.91. The van der Waals surface area contributed by atoms with Crippen LogP contribution in [0.2, 0.25) is 10.0 Å². The first-order valence-electron chi connectivity index (χ1n) is 9.15. The van der Waals surface area contributed by atoms with E-state index < -0.39 is 24.1 Å². The summed E-state index contributed by atoms with van der Waals surface area (Å²) in [4.78, 5) is 26.6. The number of benzene rings is 2. The second-order valence-electron chi connectivity index (χ2n) is 6.79. The van der Waals surface area contributed by atoms with E-state index in [0.29, 0.717) is 22.9 Å². The summed E-state index contributed by atoms with van der Waals surface area (Å²) in [5, 5.41) is 1.15. The first-order chi connectivity index (χ1) is 13.4. The molecule has 1 saturated heterocycles. The van der Waals surface area contributed by atoms with Crippen molar-refractivity contribution < 1.29 is 14.3 Å². The van der Waals surface area contributed by atoms with Crippen LogP contribution in [-0.4, -0.2) is 29.4 Å². The fourth-order valence-corrected chi connectivity index (χ4v) is 3.97. The number of ether oxygens (including phenoxy) is 1. The van der Waals surface area contributed by atoms with Crippen molar-refractivity contribution >= 4 is 35.0 Å². The maximum Gasteiger partial charge on any atom is 0.249 e. The Hall–Kier alpha value is -2.08. The molecular weight excluding hydrogens is 399 g/mol. The number of carbonyl (C=O) groups excluding carboxylic acids is 2. The highest BCUT2D eigenvalue weighted by Crippen LogP contribution is 2.42. The summed E-state index contributed by atoms with van der Waals surface area (Å²) < 4.78 is 5.93. The van der Waals surface area contributed by atoms with Crippen molar-refractivity contribution in [1.29, 1.82) is 0 Å². The summed E-state index contributed by atoms with van der Waals surface area (Å²) in [5.41, 5.74) is 7.31. The SMILES string of the molecule is CCC[C@H](C(N)=O)N1C(=O)CO[C@@H](c2cccc(Cl)c2)[C@H]1c1ccc(Cl)cc1. The largest absolute Gasteiger partial charge is 0.368 e. The van der Waals surface area contributed by atoms with Crippen LogP contribution in [0.25, 0.3) is 0 Å². The van der Waals surface area contributed by atoms with Crippen LogP contribution in [0.5, 0.6) is 0 Å². The van der Waals surface area contributed by atoms with Crippen molar-refractivity contribution in [2.45, 2.75) is 38.0 Å². The monoisotopic (exact) mass is 420 g/mol. The van der Waals surface area contributed by atoms with Crippen LogP contribution in [0.1, 0.15) is 43.0 Å². The Labute approximate surface area is 174 Å². The number of carbonyl (C=O) groups is 2. The quantitative estimate of drug-likeness (QED) is 0.757. The Kier molecular flexibility index (Phi) is 6.60. The van der Waals surface area contributed by atoms with Gasteiger partial charge in [0, 0.05) is 10.0 Å². The smallest absolute Gasteiger partial charge is 0.249 e. The van der Waals surface area contributed by atoms with Crippen LogP contribution in [-0.2, 0) is 14.3 Å². The van der Waals surface area contributed by atoms with Gasteiger partial charge in [0.15, 0.2) is 0 Å². The Balaban J connectivity index is 2.12. The van der Waals surface area contributed by atoms with E-state index in [2.05, 4.69) is 0 Å². The van der Waals surface area contributed by atoms with Crippen molar-refractivity contribution in [3.63, 3.8) is 0 Å². The molecule has 0 unspecified atom stereocenters. The third-order valence-electron chi connectivity index (χ3n) is 4.88. The van der Waals surface area contributed by atoms with E-state index in [0.717, 1.165) is 11.1 Å². The molecule has 28 heavy (non-hydrogen) atoms. The summed E-state index contributed by atoms with van der Waals surface area (Å²) in [6, 6.07) is 13.2. The van der Waals surface area contributed by atoms with E-state index >= 15 is 0 Å². The summed E-state index contributed by atoms with van der Waals surface area (Å²) in [7, 11) is 0. The lowest BCUT2D eigenvalue weighted by molar-refractivity contribution is -0.166. The molecule has 0 radical (unpaired) electrons. The fraction of sp³-hybridized carbons (Fsp3) is 0.333. The minimum atomic E-state index is -0.719. The van der Waals surface area contributed by atoms with E-state index in [1.807, 2.05) is 37.3 Å². The van der Waals surface area contributed by atoms with Gasteiger partial charge < -0.3 is 15.4 Å². The van der Waals surface area contributed by atoms with Crippen LogP contribution in [0, 0.1) is 0 Å². The predicted octanol–water partition coefficient (Wildman–Crippen LogP) is 4.29. The molecule has 148 valence electrons. The summed E-state index contributed by atoms with van der Waals surface area (Å²) in [6.45, 7) is 1.82. The fourth-order valence-electron chi connectivity index (χ4n) is 3.64. The third kappa shape index (κ3) is 4.32. The molecule has 0 spiro atoms. The third-order valence-corrected chi connectivity index (χ3v) is 5.36. The van der Waals surface area contributed by atoms with Gasteiger partial charge in [-0.1, -0.05) is 60.8 Å².